The maximum absolute atomic E-state index is 12.3. The number of aromatic amines is 2. The summed E-state index contributed by atoms with van der Waals surface area (Å²) in [4.78, 5) is 15.2. The highest BCUT2D eigenvalue weighted by atomic mass is 16.1. The minimum absolute atomic E-state index is 0.0536. The van der Waals surface area contributed by atoms with Gasteiger partial charge in [-0.05, 0) is 49.3 Å². The summed E-state index contributed by atoms with van der Waals surface area (Å²) in [6, 6.07) is 6.00. The van der Waals surface area contributed by atoms with Gasteiger partial charge in [0.05, 0.1) is 11.0 Å². The molecule has 8 nitrogen and oxygen atoms in total. The largest absolute Gasteiger partial charge is 0.326 e. The minimum atomic E-state index is -0.0536. The lowest BCUT2D eigenvalue weighted by Crippen LogP contribution is -2.33. The lowest BCUT2D eigenvalue weighted by atomic mass is 10.1. The predicted molar refractivity (Wildman–Crippen MR) is 76.9 cm³/mol. The standard InChI is InChI=1S/C13H15N7O/c21-13-15-10-7-8(12-16-18-19-17-12)1-2-11(10)20(13)9-3-5-14-6-4-9/h1-2,7,9,14H,3-6H2,(H,15,21)(H,16,17,18,19). The van der Waals surface area contributed by atoms with Gasteiger partial charge in [0.25, 0.3) is 0 Å². The summed E-state index contributed by atoms with van der Waals surface area (Å²) < 4.78 is 1.87. The van der Waals surface area contributed by atoms with Crippen LogP contribution in [0.25, 0.3) is 22.4 Å². The number of piperidine rings is 1. The van der Waals surface area contributed by atoms with Crippen molar-refractivity contribution in [1.82, 2.24) is 35.5 Å². The summed E-state index contributed by atoms with van der Waals surface area (Å²) in [6.07, 6.45) is 1.94. The fraction of sp³-hybridized carbons (Fsp3) is 0.385. The molecule has 108 valence electrons. The molecule has 0 amide bonds. The lowest BCUT2D eigenvalue weighted by molar-refractivity contribution is 0.368. The molecule has 1 aliphatic rings. The number of imidazole rings is 1. The number of benzene rings is 1. The van der Waals surface area contributed by atoms with Crippen molar-refractivity contribution in [2.75, 3.05) is 13.1 Å². The van der Waals surface area contributed by atoms with E-state index in [9.17, 15) is 4.79 Å². The first-order valence-corrected chi connectivity index (χ1v) is 7.02. The number of H-pyrrole nitrogens is 2. The van der Waals surface area contributed by atoms with Crippen molar-refractivity contribution in [2.45, 2.75) is 18.9 Å². The average Bonchev–Trinajstić information content (AvgIpc) is 3.14. The van der Waals surface area contributed by atoms with Gasteiger partial charge in [0.15, 0.2) is 0 Å². The molecule has 1 aromatic carbocycles. The lowest BCUT2D eigenvalue weighted by Gasteiger charge is -2.23. The molecule has 0 atom stereocenters. The van der Waals surface area contributed by atoms with Crippen LogP contribution in [0.1, 0.15) is 18.9 Å². The van der Waals surface area contributed by atoms with Gasteiger partial charge >= 0.3 is 5.69 Å². The van der Waals surface area contributed by atoms with Crippen LogP contribution >= 0.6 is 0 Å². The Bertz CT molecular complexity index is 811. The summed E-state index contributed by atoms with van der Waals surface area (Å²) in [5, 5.41) is 17.2. The van der Waals surface area contributed by atoms with Crippen LogP contribution < -0.4 is 11.0 Å². The first-order chi connectivity index (χ1) is 10.3. The smallest absolute Gasteiger partial charge is 0.317 e. The monoisotopic (exact) mass is 285 g/mol. The molecule has 3 heterocycles. The van der Waals surface area contributed by atoms with Crippen LogP contribution in [0.5, 0.6) is 0 Å². The first kappa shape index (κ1) is 12.3. The molecule has 2 aromatic heterocycles. The van der Waals surface area contributed by atoms with Gasteiger partial charge in [0, 0.05) is 11.6 Å². The topological polar surface area (TPSA) is 104 Å². The van der Waals surface area contributed by atoms with E-state index in [0.717, 1.165) is 42.5 Å². The molecule has 0 radical (unpaired) electrons. The van der Waals surface area contributed by atoms with Crippen LogP contribution in [-0.4, -0.2) is 43.3 Å². The van der Waals surface area contributed by atoms with Gasteiger partial charge in [-0.3, -0.25) is 4.57 Å². The molecule has 3 N–H and O–H groups in total. The van der Waals surface area contributed by atoms with Gasteiger partial charge in [-0.1, -0.05) is 0 Å². The third-order valence-corrected chi connectivity index (χ3v) is 3.99. The van der Waals surface area contributed by atoms with E-state index in [1.54, 1.807) is 0 Å². The molecule has 0 bridgehead atoms. The van der Waals surface area contributed by atoms with Crippen molar-refractivity contribution in [3.8, 4) is 11.4 Å². The van der Waals surface area contributed by atoms with Crippen molar-refractivity contribution < 1.29 is 0 Å². The highest BCUT2D eigenvalue weighted by Gasteiger charge is 2.19. The number of tetrazole rings is 1. The second kappa shape index (κ2) is 4.81. The van der Waals surface area contributed by atoms with Crippen LogP contribution in [-0.2, 0) is 0 Å². The first-order valence-electron chi connectivity index (χ1n) is 7.02. The van der Waals surface area contributed by atoms with E-state index >= 15 is 0 Å². The van der Waals surface area contributed by atoms with E-state index in [2.05, 4.69) is 30.9 Å². The summed E-state index contributed by atoms with van der Waals surface area (Å²) in [7, 11) is 0. The molecule has 0 unspecified atom stereocenters. The Kier molecular flexibility index (Phi) is 2.81. The van der Waals surface area contributed by atoms with E-state index in [0.29, 0.717) is 5.82 Å². The second-order valence-electron chi connectivity index (χ2n) is 5.25. The molecule has 0 spiro atoms. The minimum Gasteiger partial charge on any atom is -0.317 e. The van der Waals surface area contributed by atoms with Gasteiger partial charge in [0.1, 0.15) is 0 Å². The molecular weight excluding hydrogens is 270 g/mol. The van der Waals surface area contributed by atoms with Crippen molar-refractivity contribution in [2.24, 2.45) is 0 Å². The van der Waals surface area contributed by atoms with Gasteiger partial charge in [-0.2, -0.15) is 5.21 Å². The van der Waals surface area contributed by atoms with Crippen LogP contribution in [0.4, 0.5) is 0 Å². The third-order valence-electron chi connectivity index (χ3n) is 3.99. The highest BCUT2D eigenvalue weighted by Crippen LogP contribution is 2.24. The Hall–Kier alpha value is -2.48. The van der Waals surface area contributed by atoms with Crippen molar-refractivity contribution in [1.29, 1.82) is 0 Å². The van der Waals surface area contributed by atoms with Crippen molar-refractivity contribution in [3.05, 3.63) is 28.7 Å². The van der Waals surface area contributed by atoms with Gasteiger partial charge in [0.2, 0.25) is 5.82 Å². The molecular formula is C13H15N7O. The van der Waals surface area contributed by atoms with E-state index in [1.165, 1.54) is 0 Å². The van der Waals surface area contributed by atoms with Gasteiger partial charge in [-0.15, -0.1) is 10.2 Å². The average molecular weight is 285 g/mol. The Morgan fingerprint density at radius 2 is 2.10 bits per heavy atom. The maximum atomic E-state index is 12.3. The Labute approximate surface area is 119 Å². The number of fused-ring (bicyclic) bond motifs is 1. The molecule has 0 saturated carbocycles. The molecule has 0 aliphatic carbocycles. The number of aromatic nitrogens is 6. The zero-order chi connectivity index (χ0) is 14.2. The molecule has 3 aromatic rings. The molecule has 21 heavy (non-hydrogen) atoms. The molecule has 1 aliphatic heterocycles. The van der Waals surface area contributed by atoms with Crippen molar-refractivity contribution >= 4 is 11.0 Å². The van der Waals surface area contributed by atoms with Crippen LogP contribution in [0.2, 0.25) is 0 Å². The predicted octanol–water partition coefficient (Wildman–Crippen LogP) is 0.434. The fourth-order valence-electron chi connectivity index (χ4n) is 2.98. The summed E-state index contributed by atoms with van der Waals surface area (Å²) in [5.74, 6) is 0.521. The summed E-state index contributed by atoms with van der Waals surface area (Å²) >= 11 is 0. The van der Waals surface area contributed by atoms with Crippen molar-refractivity contribution in [3.63, 3.8) is 0 Å². The zero-order valence-corrected chi connectivity index (χ0v) is 11.3. The second-order valence-corrected chi connectivity index (χ2v) is 5.25. The number of hydrogen-bond donors (Lipinski definition) is 3. The van der Waals surface area contributed by atoms with E-state index in [-0.39, 0.29) is 11.7 Å². The Morgan fingerprint density at radius 1 is 1.24 bits per heavy atom. The van der Waals surface area contributed by atoms with Crippen LogP contribution in [0.3, 0.4) is 0 Å². The molecule has 1 saturated heterocycles. The Morgan fingerprint density at radius 3 is 2.86 bits per heavy atom. The SMILES string of the molecule is O=c1[nH]c2cc(-c3nn[nH]n3)ccc2n1C1CCNCC1. The molecule has 8 heteroatoms. The summed E-state index contributed by atoms with van der Waals surface area (Å²) in [5.41, 5.74) is 2.51. The molecule has 1 fully saturated rings. The summed E-state index contributed by atoms with van der Waals surface area (Å²) in [6.45, 7) is 1.90. The quantitative estimate of drug-likeness (QED) is 0.633. The maximum Gasteiger partial charge on any atom is 0.326 e. The third kappa shape index (κ3) is 2.04. The number of hydrogen-bond acceptors (Lipinski definition) is 5. The molecule has 4 rings (SSSR count). The normalized spacial score (nSPS) is 16.6. The van der Waals surface area contributed by atoms with Crippen LogP contribution in [0.15, 0.2) is 23.0 Å². The number of nitrogens with zero attached hydrogens (tertiary/aromatic N) is 4. The van der Waals surface area contributed by atoms with Gasteiger partial charge in [-0.25, -0.2) is 4.79 Å². The Balaban J connectivity index is 1.82. The zero-order valence-electron chi connectivity index (χ0n) is 11.3. The van der Waals surface area contributed by atoms with E-state index in [4.69, 9.17) is 0 Å². The van der Waals surface area contributed by atoms with E-state index < -0.39 is 0 Å². The fourth-order valence-corrected chi connectivity index (χ4v) is 2.98. The van der Waals surface area contributed by atoms with Gasteiger partial charge < -0.3 is 10.3 Å². The number of nitrogens with one attached hydrogen (secondary N) is 3. The highest BCUT2D eigenvalue weighted by molar-refractivity contribution is 5.80. The van der Waals surface area contributed by atoms with Crippen LogP contribution in [0, 0.1) is 0 Å². The number of rotatable bonds is 2. The van der Waals surface area contributed by atoms with E-state index in [1.807, 2.05) is 22.8 Å².